The highest BCUT2D eigenvalue weighted by Crippen LogP contribution is 2.20. The van der Waals surface area contributed by atoms with Crippen LogP contribution in [0.15, 0.2) is 0 Å². The molecule has 0 heterocycles. The Balaban J connectivity index is 4.35. The van der Waals surface area contributed by atoms with E-state index in [0.29, 0.717) is 0 Å². The fourth-order valence-corrected chi connectivity index (χ4v) is 1.24. The van der Waals surface area contributed by atoms with Gasteiger partial charge >= 0.3 is 0 Å². The van der Waals surface area contributed by atoms with Gasteiger partial charge in [-0.05, 0) is 38.9 Å². The van der Waals surface area contributed by atoms with Crippen LogP contribution in [-0.2, 0) is 9.68 Å². The van der Waals surface area contributed by atoms with Gasteiger partial charge in [0.2, 0.25) is 0 Å². The van der Waals surface area contributed by atoms with Crippen molar-refractivity contribution in [2.45, 2.75) is 52.4 Å². The molecule has 14 heavy (non-hydrogen) atoms. The molecule has 0 saturated heterocycles. The quantitative estimate of drug-likeness (QED) is 0.432. The van der Waals surface area contributed by atoms with Gasteiger partial charge in [0.15, 0.2) is 5.72 Å². The first-order chi connectivity index (χ1) is 5.97. The molecule has 0 aliphatic carbocycles. The maximum Gasteiger partial charge on any atom is 0.176 e. The van der Waals surface area contributed by atoms with Crippen LogP contribution in [0.4, 0.5) is 0 Å². The molecule has 0 aromatic carbocycles. The van der Waals surface area contributed by atoms with Gasteiger partial charge in [0.05, 0.1) is 0 Å². The predicted molar refractivity (Wildman–Crippen MR) is 56.9 cm³/mol. The van der Waals surface area contributed by atoms with Crippen LogP contribution in [0.1, 0.15) is 41.0 Å². The van der Waals surface area contributed by atoms with Gasteiger partial charge in [0, 0.05) is 0 Å². The lowest BCUT2D eigenvalue weighted by Crippen LogP contribution is -2.54. The number of hydrogen-bond acceptors (Lipinski definition) is 3. The second-order valence-corrected chi connectivity index (χ2v) is 5.21. The molecule has 0 bridgehead atoms. The summed E-state index contributed by atoms with van der Waals surface area (Å²) in [6.45, 7) is 9.78. The highest BCUT2D eigenvalue weighted by molar-refractivity contribution is 4.59. The molecule has 0 saturated carbocycles. The van der Waals surface area contributed by atoms with Crippen LogP contribution in [-0.4, -0.2) is 30.2 Å². The van der Waals surface area contributed by atoms with Crippen molar-refractivity contribution in [1.82, 2.24) is 0 Å². The minimum absolute atomic E-state index is 0.00431. The summed E-state index contributed by atoms with van der Waals surface area (Å²) in [4.78, 5) is 11.3. The summed E-state index contributed by atoms with van der Waals surface area (Å²) in [6, 6.07) is 0. The Morgan fingerprint density at radius 2 is 1.50 bits per heavy atom. The highest BCUT2D eigenvalue weighted by atomic mass is 17.0. The summed E-state index contributed by atoms with van der Waals surface area (Å²) in [5.41, 5.74) is 4.99. The van der Waals surface area contributed by atoms with E-state index in [1.165, 1.54) is 0 Å². The molecule has 0 aliphatic rings. The largest absolute Gasteiger partial charge is 0.299 e. The lowest BCUT2D eigenvalue weighted by Gasteiger charge is -2.35. The third-order valence-corrected chi connectivity index (χ3v) is 1.62. The van der Waals surface area contributed by atoms with E-state index in [9.17, 15) is 0 Å². The lowest BCUT2D eigenvalue weighted by molar-refractivity contribution is -1.24. The fraction of sp³-hybridized carbons (Fsp3) is 1.00. The minimum atomic E-state index is -0.658. The van der Waals surface area contributed by atoms with Crippen LogP contribution >= 0.6 is 0 Å². The number of quaternary nitrogens is 1. The number of nitrogens with zero attached hydrogens (tertiary/aromatic N) is 1. The number of rotatable bonds is 4. The average Bonchev–Trinajstić information content (AvgIpc) is 1.78. The van der Waals surface area contributed by atoms with Gasteiger partial charge in [0.25, 0.3) is 0 Å². The molecular formula is C10H25N2O2+. The van der Waals surface area contributed by atoms with E-state index in [0.717, 1.165) is 6.42 Å². The fourth-order valence-electron chi connectivity index (χ4n) is 1.24. The Bertz CT molecular complexity index is 183. The van der Waals surface area contributed by atoms with E-state index in [4.69, 9.17) is 15.4 Å². The maximum atomic E-state index is 5.90. The highest BCUT2D eigenvalue weighted by Gasteiger charge is 2.34. The molecule has 0 aliphatic heterocycles. The second-order valence-electron chi connectivity index (χ2n) is 5.21. The summed E-state index contributed by atoms with van der Waals surface area (Å²) in [7, 11) is 3.65. The van der Waals surface area contributed by atoms with Crippen LogP contribution in [0, 0.1) is 0 Å². The van der Waals surface area contributed by atoms with E-state index in [2.05, 4.69) is 0 Å². The molecule has 0 fully saturated rings. The first kappa shape index (κ1) is 13.8. The van der Waals surface area contributed by atoms with Gasteiger partial charge in [-0.3, -0.25) is 5.73 Å². The molecule has 86 valence electrons. The first-order valence-corrected chi connectivity index (χ1v) is 5.02. The monoisotopic (exact) mass is 205 g/mol. The van der Waals surface area contributed by atoms with Crippen molar-refractivity contribution in [2.75, 3.05) is 14.1 Å². The molecule has 4 heteroatoms. The number of hydroxylamine groups is 4. The smallest absolute Gasteiger partial charge is 0.176 e. The molecule has 0 aromatic heterocycles. The summed E-state index contributed by atoms with van der Waals surface area (Å²) < 4.78 is 0. The topological polar surface area (TPSA) is 44.5 Å². The van der Waals surface area contributed by atoms with E-state index >= 15 is 0 Å². The lowest BCUT2D eigenvalue weighted by atomic mass is 10.2. The van der Waals surface area contributed by atoms with Crippen molar-refractivity contribution < 1.29 is 14.5 Å². The predicted octanol–water partition coefficient (Wildman–Crippen LogP) is 1.81. The third kappa shape index (κ3) is 6.32. The molecule has 0 rings (SSSR count). The van der Waals surface area contributed by atoms with Gasteiger partial charge < -0.3 is 0 Å². The Hall–Kier alpha value is -0.160. The Morgan fingerprint density at radius 3 is 1.79 bits per heavy atom. The second kappa shape index (κ2) is 4.14. The van der Waals surface area contributed by atoms with Crippen molar-refractivity contribution >= 4 is 0 Å². The summed E-state index contributed by atoms with van der Waals surface area (Å²) in [5.74, 6) is 0. The van der Waals surface area contributed by atoms with Crippen molar-refractivity contribution in [3.8, 4) is 0 Å². The van der Waals surface area contributed by atoms with Crippen LogP contribution in [0.25, 0.3) is 0 Å². The SMILES string of the molecule is CCC(C)(N)O[N+](C)(C)OC(C)(C)C. The van der Waals surface area contributed by atoms with Gasteiger partial charge in [0.1, 0.15) is 19.7 Å². The zero-order valence-electron chi connectivity index (χ0n) is 10.5. The van der Waals surface area contributed by atoms with E-state index in [1.807, 2.05) is 48.7 Å². The van der Waals surface area contributed by atoms with E-state index in [1.54, 1.807) is 0 Å². The van der Waals surface area contributed by atoms with Gasteiger partial charge in [-0.1, -0.05) is 6.92 Å². The Morgan fingerprint density at radius 1 is 1.07 bits per heavy atom. The Labute approximate surface area is 87.5 Å². The van der Waals surface area contributed by atoms with Crippen LogP contribution in [0.3, 0.4) is 0 Å². The Kier molecular flexibility index (Phi) is 4.10. The molecule has 0 amide bonds. The molecule has 1 atom stereocenters. The molecule has 0 radical (unpaired) electrons. The van der Waals surface area contributed by atoms with Crippen LogP contribution in [0.5, 0.6) is 0 Å². The van der Waals surface area contributed by atoms with Gasteiger partial charge in [-0.15, -0.1) is 4.84 Å². The molecule has 2 N–H and O–H groups in total. The average molecular weight is 205 g/mol. The maximum absolute atomic E-state index is 5.90. The zero-order valence-corrected chi connectivity index (χ0v) is 10.5. The van der Waals surface area contributed by atoms with Crippen molar-refractivity contribution in [3.05, 3.63) is 0 Å². The first-order valence-electron chi connectivity index (χ1n) is 5.02. The third-order valence-electron chi connectivity index (χ3n) is 1.62. The van der Waals surface area contributed by atoms with Gasteiger partial charge in [-0.25, -0.2) is 0 Å². The van der Waals surface area contributed by atoms with Gasteiger partial charge in [-0.2, -0.15) is 4.84 Å². The molecule has 1 unspecified atom stereocenters. The van der Waals surface area contributed by atoms with Crippen LogP contribution < -0.4 is 5.73 Å². The molecule has 0 aromatic rings. The van der Waals surface area contributed by atoms with E-state index < -0.39 is 5.72 Å². The van der Waals surface area contributed by atoms with Crippen molar-refractivity contribution in [2.24, 2.45) is 5.73 Å². The van der Waals surface area contributed by atoms with E-state index in [-0.39, 0.29) is 10.4 Å². The summed E-state index contributed by atoms with van der Waals surface area (Å²) >= 11 is 0. The summed E-state index contributed by atoms with van der Waals surface area (Å²) in [5, 5.41) is 0. The molecular weight excluding hydrogens is 180 g/mol. The molecule has 4 nitrogen and oxygen atoms in total. The number of hydrogen-bond donors (Lipinski definition) is 1. The zero-order chi connectivity index (χ0) is 11.6. The normalized spacial score (nSPS) is 18.0. The van der Waals surface area contributed by atoms with Crippen molar-refractivity contribution in [1.29, 1.82) is 0 Å². The molecule has 0 spiro atoms. The number of nitrogens with two attached hydrogens (primary N) is 1. The van der Waals surface area contributed by atoms with Crippen molar-refractivity contribution in [3.63, 3.8) is 0 Å². The van der Waals surface area contributed by atoms with Crippen LogP contribution in [0.2, 0.25) is 0 Å². The standard InChI is InChI=1S/C10H25N2O2/c1-8-10(5,11)14-12(6,7)13-9(2,3)4/h8,11H2,1-7H3/q+1. The summed E-state index contributed by atoms with van der Waals surface area (Å²) in [6.07, 6.45) is 0.738. The minimum Gasteiger partial charge on any atom is -0.299 e.